The number of rotatable bonds is 4. The third-order valence-corrected chi connectivity index (χ3v) is 7.02. The molecule has 2 heterocycles. The Balaban J connectivity index is 1.53. The van der Waals surface area contributed by atoms with Crippen LogP contribution in [0.5, 0.6) is 0 Å². The van der Waals surface area contributed by atoms with Crippen molar-refractivity contribution in [2.24, 2.45) is 5.92 Å². The van der Waals surface area contributed by atoms with E-state index in [1.54, 1.807) is 21.9 Å². The van der Waals surface area contributed by atoms with Crippen LogP contribution in [0.4, 0.5) is 11.4 Å². The molecule has 0 radical (unpaired) electrons. The average Bonchev–Trinajstić information content (AvgIpc) is 3.31. The van der Waals surface area contributed by atoms with Crippen molar-refractivity contribution in [3.8, 4) is 0 Å². The van der Waals surface area contributed by atoms with Crippen LogP contribution in [0.15, 0.2) is 47.4 Å². The molecule has 0 aliphatic carbocycles. The van der Waals surface area contributed by atoms with Crippen LogP contribution in [0.2, 0.25) is 0 Å². The van der Waals surface area contributed by atoms with Gasteiger partial charge in [-0.2, -0.15) is 0 Å². The Kier molecular flexibility index (Phi) is 4.92. The molecule has 4 rings (SSSR count). The minimum absolute atomic E-state index is 0.0536. The molecule has 1 saturated heterocycles. The van der Waals surface area contributed by atoms with Crippen LogP contribution in [0.25, 0.3) is 0 Å². The lowest BCUT2D eigenvalue weighted by atomic mass is 10.1. The van der Waals surface area contributed by atoms with Crippen molar-refractivity contribution in [3.05, 3.63) is 53.6 Å². The van der Waals surface area contributed by atoms with Gasteiger partial charge in [0.15, 0.2) is 0 Å². The highest BCUT2D eigenvalue weighted by Gasteiger charge is 2.39. The lowest BCUT2D eigenvalue weighted by Crippen LogP contribution is -2.36. The Hall–Kier alpha value is -2.71. The summed E-state index contributed by atoms with van der Waals surface area (Å²) in [5.41, 5.74) is 3.47. The van der Waals surface area contributed by atoms with Gasteiger partial charge in [0.25, 0.3) is 0 Å². The molecule has 0 spiro atoms. The van der Waals surface area contributed by atoms with E-state index in [2.05, 4.69) is 4.72 Å². The summed E-state index contributed by atoms with van der Waals surface area (Å²) in [5, 5.41) is 0. The molecule has 2 aliphatic heterocycles. The molecule has 0 bridgehead atoms. The fraction of sp³-hybridized carbons (Fsp3) is 0.333. The van der Waals surface area contributed by atoms with Gasteiger partial charge in [-0.1, -0.05) is 17.7 Å². The smallest absolute Gasteiger partial charge is 0.240 e. The number of nitrogens with one attached hydrogen (secondary N) is 1. The number of hydrogen-bond donors (Lipinski definition) is 1. The molecular weight excluding hydrogens is 390 g/mol. The first-order valence-corrected chi connectivity index (χ1v) is 11.0. The summed E-state index contributed by atoms with van der Waals surface area (Å²) in [7, 11) is -2.16. The van der Waals surface area contributed by atoms with Crippen LogP contribution >= 0.6 is 0 Å². The number of anilines is 2. The first-order valence-electron chi connectivity index (χ1n) is 9.55. The van der Waals surface area contributed by atoms with Gasteiger partial charge < -0.3 is 9.80 Å². The Morgan fingerprint density at radius 3 is 2.55 bits per heavy atom. The lowest BCUT2D eigenvalue weighted by molar-refractivity contribution is -0.124. The van der Waals surface area contributed by atoms with Gasteiger partial charge in [-0.25, -0.2) is 13.1 Å². The van der Waals surface area contributed by atoms with Crippen molar-refractivity contribution in [2.75, 3.05) is 29.9 Å². The second kappa shape index (κ2) is 7.27. The lowest BCUT2D eigenvalue weighted by Gasteiger charge is -2.22. The number of nitrogens with zero attached hydrogens (tertiary/aromatic N) is 2. The monoisotopic (exact) mass is 413 g/mol. The van der Waals surface area contributed by atoms with Gasteiger partial charge in [-0.15, -0.1) is 0 Å². The fourth-order valence-corrected chi connectivity index (χ4v) is 4.74. The zero-order chi connectivity index (χ0) is 20.8. The molecule has 2 amide bonds. The highest BCUT2D eigenvalue weighted by molar-refractivity contribution is 7.89. The number of amides is 2. The second-order valence-electron chi connectivity index (χ2n) is 7.48. The van der Waals surface area contributed by atoms with Gasteiger partial charge in [0, 0.05) is 30.9 Å². The van der Waals surface area contributed by atoms with E-state index >= 15 is 0 Å². The molecule has 7 nitrogen and oxygen atoms in total. The quantitative estimate of drug-likeness (QED) is 0.829. The highest BCUT2D eigenvalue weighted by atomic mass is 32.2. The number of fused-ring (bicyclic) bond motifs is 1. The normalized spacial score (nSPS) is 19.0. The largest absolute Gasteiger partial charge is 0.312 e. The standard InChI is InChI=1S/C21H23N3O4S/c1-14-3-5-17(6-4-14)24-13-16(12-20(24)25)21(26)23-10-9-15-11-18(7-8-19(15)23)29(27,28)22-2/h3-8,11,16,22H,9-10,12-13H2,1-2H3/t16-/m1/s1. The maximum atomic E-state index is 13.1. The summed E-state index contributed by atoms with van der Waals surface area (Å²) < 4.78 is 26.3. The Morgan fingerprint density at radius 2 is 1.86 bits per heavy atom. The van der Waals surface area contributed by atoms with Gasteiger partial charge in [0.2, 0.25) is 21.8 Å². The molecule has 152 valence electrons. The van der Waals surface area contributed by atoms with Gasteiger partial charge in [0.05, 0.1) is 10.8 Å². The van der Waals surface area contributed by atoms with E-state index in [-0.39, 0.29) is 23.1 Å². The van der Waals surface area contributed by atoms with Crippen LogP contribution in [-0.2, 0) is 26.0 Å². The van der Waals surface area contributed by atoms with Gasteiger partial charge >= 0.3 is 0 Å². The number of carbonyl (C=O) groups excluding carboxylic acids is 2. The van der Waals surface area contributed by atoms with Crippen molar-refractivity contribution in [1.82, 2.24) is 4.72 Å². The zero-order valence-corrected chi connectivity index (χ0v) is 17.2. The number of aryl methyl sites for hydroxylation is 1. The van der Waals surface area contributed by atoms with Crippen molar-refractivity contribution in [2.45, 2.75) is 24.7 Å². The molecule has 2 aromatic rings. The second-order valence-corrected chi connectivity index (χ2v) is 9.37. The number of benzene rings is 2. The van der Waals surface area contributed by atoms with Crippen LogP contribution < -0.4 is 14.5 Å². The topological polar surface area (TPSA) is 86.8 Å². The van der Waals surface area contributed by atoms with Crippen molar-refractivity contribution in [1.29, 1.82) is 0 Å². The average molecular weight is 413 g/mol. The van der Waals surface area contributed by atoms with Crippen LogP contribution in [-0.4, -0.2) is 40.4 Å². The zero-order valence-electron chi connectivity index (χ0n) is 16.4. The molecule has 1 N–H and O–H groups in total. The third kappa shape index (κ3) is 3.54. The summed E-state index contributed by atoms with van der Waals surface area (Å²) in [6.45, 7) is 2.84. The van der Waals surface area contributed by atoms with Crippen molar-refractivity contribution in [3.63, 3.8) is 0 Å². The SMILES string of the molecule is CNS(=O)(=O)c1ccc2c(c1)CCN2C(=O)[C@@H]1CC(=O)N(c2ccc(C)cc2)C1. The molecule has 0 saturated carbocycles. The molecule has 8 heteroatoms. The number of hydrogen-bond acceptors (Lipinski definition) is 4. The van der Waals surface area contributed by atoms with E-state index in [1.807, 2.05) is 31.2 Å². The minimum Gasteiger partial charge on any atom is -0.312 e. The molecule has 0 aromatic heterocycles. The molecule has 29 heavy (non-hydrogen) atoms. The molecule has 2 aliphatic rings. The fourth-order valence-electron chi connectivity index (χ4n) is 3.96. The molecule has 2 aromatic carbocycles. The Labute approximate surface area is 170 Å². The minimum atomic E-state index is -3.53. The van der Waals surface area contributed by atoms with E-state index in [1.165, 1.54) is 13.1 Å². The maximum Gasteiger partial charge on any atom is 0.240 e. The van der Waals surface area contributed by atoms with Crippen molar-refractivity contribution >= 4 is 33.2 Å². The predicted molar refractivity (Wildman–Crippen MR) is 110 cm³/mol. The first kappa shape index (κ1) is 19.6. The summed E-state index contributed by atoms with van der Waals surface area (Å²) >= 11 is 0. The molecule has 0 unspecified atom stereocenters. The van der Waals surface area contributed by atoms with Gasteiger partial charge in [-0.05, 0) is 56.3 Å². The van der Waals surface area contributed by atoms with Crippen molar-refractivity contribution < 1.29 is 18.0 Å². The molecular formula is C21H23N3O4S. The van der Waals surface area contributed by atoms with Crippen LogP contribution in [0.3, 0.4) is 0 Å². The van der Waals surface area contributed by atoms with E-state index in [4.69, 9.17) is 0 Å². The van der Waals surface area contributed by atoms with Gasteiger partial charge in [0.1, 0.15) is 0 Å². The summed E-state index contributed by atoms with van der Waals surface area (Å²) in [6.07, 6.45) is 0.779. The van der Waals surface area contributed by atoms with E-state index in [9.17, 15) is 18.0 Å². The van der Waals surface area contributed by atoms with Crippen LogP contribution in [0.1, 0.15) is 17.5 Å². The summed E-state index contributed by atoms with van der Waals surface area (Å²) in [5.74, 6) is -0.548. The Bertz CT molecular complexity index is 1080. The maximum absolute atomic E-state index is 13.1. The molecule has 1 fully saturated rings. The first-order chi connectivity index (χ1) is 13.8. The molecule has 1 atom stereocenters. The predicted octanol–water partition coefficient (Wildman–Crippen LogP) is 1.85. The van der Waals surface area contributed by atoms with E-state index < -0.39 is 15.9 Å². The van der Waals surface area contributed by atoms with Crippen LogP contribution in [0, 0.1) is 12.8 Å². The van der Waals surface area contributed by atoms with E-state index in [0.29, 0.717) is 19.5 Å². The summed E-state index contributed by atoms with van der Waals surface area (Å²) in [4.78, 5) is 29.2. The number of carbonyl (C=O) groups is 2. The highest BCUT2D eigenvalue weighted by Crippen LogP contribution is 2.34. The summed E-state index contributed by atoms with van der Waals surface area (Å²) in [6, 6.07) is 12.5. The van der Waals surface area contributed by atoms with Gasteiger partial charge in [-0.3, -0.25) is 9.59 Å². The Morgan fingerprint density at radius 1 is 1.14 bits per heavy atom. The number of sulfonamides is 1. The van der Waals surface area contributed by atoms with E-state index in [0.717, 1.165) is 22.5 Å². The third-order valence-electron chi connectivity index (χ3n) is 5.61.